The second-order valence-corrected chi connectivity index (χ2v) is 5.31. The highest BCUT2D eigenvalue weighted by molar-refractivity contribution is 5.31. The first kappa shape index (κ1) is 13.1. The van der Waals surface area contributed by atoms with Gasteiger partial charge in [-0.3, -0.25) is 4.98 Å². The zero-order chi connectivity index (χ0) is 13.8. The number of hydrogen-bond donors (Lipinski definition) is 1. The summed E-state index contributed by atoms with van der Waals surface area (Å²) in [7, 11) is 0. The molecule has 2 aromatic rings. The largest absolute Gasteiger partial charge is 0.438 e. The van der Waals surface area contributed by atoms with Crippen LogP contribution < -0.4 is 10.1 Å². The summed E-state index contributed by atoms with van der Waals surface area (Å²) < 4.78 is 5.70. The Kier molecular flexibility index (Phi) is 3.92. The number of benzene rings is 1. The monoisotopic (exact) mass is 270 g/mol. The van der Waals surface area contributed by atoms with Crippen LogP contribution in [-0.4, -0.2) is 23.1 Å². The van der Waals surface area contributed by atoms with Crippen molar-refractivity contribution >= 4 is 0 Å². The first-order chi connectivity index (χ1) is 9.81. The fraction of sp³-hybridized carbons (Fsp3) is 0.375. The molecule has 0 spiro atoms. The van der Waals surface area contributed by atoms with Crippen LogP contribution in [0.2, 0.25) is 0 Å². The highest BCUT2D eigenvalue weighted by atomic mass is 16.5. The number of quaternary nitrogens is 1. The average Bonchev–Trinajstić information content (AvgIpc) is 2.51. The van der Waals surface area contributed by atoms with Crippen molar-refractivity contribution in [2.24, 2.45) is 0 Å². The Hall–Kier alpha value is -1.94. The number of nitrogens with two attached hydrogens (primary N) is 1. The van der Waals surface area contributed by atoms with E-state index in [1.807, 2.05) is 19.1 Å². The van der Waals surface area contributed by atoms with Gasteiger partial charge >= 0.3 is 0 Å². The standard InChI is InChI=1S/C16H19N3O/c1-12-10-19-16(11-18-12)20-15-4-2-13(3-5-15)14-6-8-17-9-7-14/h2-5,10-11,14,17H,6-9H2,1H3/p+1. The number of rotatable bonds is 3. The number of piperidine rings is 1. The fourth-order valence-corrected chi connectivity index (χ4v) is 2.62. The number of nitrogens with zero attached hydrogens (tertiary/aromatic N) is 2. The highest BCUT2D eigenvalue weighted by Crippen LogP contribution is 2.26. The first-order valence-electron chi connectivity index (χ1n) is 7.19. The average molecular weight is 270 g/mol. The molecule has 1 saturated heterocycles. The van der Waals surface area contributed by atoms with Gasteiger partial charge in [0.15, 0.2) is 0 Å². The van der Waals surface area contributed by atoms with Gasteiger partial charge < -0.3 is 10.1 Å². The lowest BCUT2D eigenvalue weighted by Crippen LogP contribution is -2.86. The Balaban J connectivity index is 1.67. The summed E-state index contributed by atoms with van der Waals surface area (Å²) in [6, 6.07) is 8.39. The van der Waals surface area contributed by atoms with Crippen molar-refractivity contribution in [1.82, 2.24) is 9.97 Å². The molecule has 0 radical (unpaired) electrons. The molecular formula is C16H20N3O+. The molecule has 1 fully saturated rings. The molecule has 20 heavy (non-hydrogen) atoms. The Morgan fingerprint density at radius 2 is 1.80 bits per heavy atom. The van der Waals surface area contributed by atoms with Crippen molar-refractivity contribution < 1.29 is 10.1 Å². The van der Waals surface area contributed by atoms with E-state index >= 15 is 0 Å². The van der Waals surface area contributed by atoms with E-state index in [2.05, 4.69) is 27.4 Å². The quantitative estimate of drug-likeness (QED) is 0.928. The zero-order valence-electron chi connectivity index (χ0n) is 11.7. The van der Waals surface area contributed by atoms with E-state index in [-0.39, 0.29) is 0 Å². The third kappa shape index (κ3) is 3.14. The molecule has 0 saturated carbocycles. The van der Waals surface area contributed by atoms with Crippen molar-refractivity contribution in [3.05, 3.63) is 47.9 Å². The molecule has 1 aliphatic heterocycles. The summed E-state index contributed by atoms with van der Waals surface area (Å²) in [5.41, 5.74) is 2.31. The predicted molar refractivity (Wildman–Crippen MR) is 76.9 cm³/mol. The molecule has 0 atom stereocenters. The molecule has 104 valence electrons. The summed E-state index contributed by atoms with van der Waals surface area (Å²) in [4.78, 5) is 8.37. The van der Waals surface area contributed by atoms with E-state index in [1.54, 1.807) is 12.4 Å². The van der Waals surface area contributed by atoms with Gasteiger partial charge in [0, 0.05) is 12.8 Å². The first-order valence-corrected chi connectivity index (χ1v) is 7.19. The minimum Gasteiger partial charge on any atom is -0.438 e. The number of aromatic nitrogens is 2. The summed E-state index contributed by atoms with van der Waals surface area (Å²) in [6.07, 6.45) is 5.90. The second kappa shape index (κ2) is 6.01. The molecule has 2 N–H and O–H groups in total. The van der Waals surface area contributed by atoms with Crippen LogP contribution in [0, 0.1) is 6.92 Å². The molecule has 1 aromatic heterocycles. The summed E-state index contributed by atoms with van der Waals surface area (Å²) in [5, 5.41) is 2.39. The van der Waals surface area contributed by atoms with Crippen LogP contribution in [0.3, 0.4) is 0 Å². The van der Waals surface area contributed by atoms with Crippen LogP contribution in [0.15, 0.2) is 36.7 Å². The van der Waals surface area contributed by atoms with E-state index in [1.165, 1.54) is 31.5 Å². The van der Waals surface area contributed by atoms with Crippen LogP contribution in [-0.2, 0) is 0 Å². The Morgan fingerprint density at radius 1 is 1.05 bits per heavy atom. The molecule has 1 aliphatic rings. The molecule has 1 aromatic carbocycles. The minimum atomic E-state index is 0.538. The smallest absolute Gasteiger partial charge is 0.237 e. The molecule has 0 aliphatic carbocycles. The number of hydrogen-bond acceptors (Lipinski definition) is 3. The van der Waals surface area contributed by atoms with Gasteiger partial charge in [-0.25, -0.2) is 4.98 Å². The maximum absolute atomic E-state index is 5.70. The lowest BCUT2D eigenvalue weighted by Gasteiger charge is -2.20. The van der Waals surface area contributed by atoms with Crippen LogP contribution in [0.4, 0.5) is 0 Å². The van der Waals surface area contributed by atoms with Crippen molar-refractivity contribution in [2.75, 3.05) is 13.1 Å². The normalized spacial score (nSPS) is 16.1. The van der Waals surface area contributed by atoms with Gasteiger partial charge in [0.05, 0.1) is 31.2 Å². The van der Waals surface area contributed by atoms with Crippen molar-refractivity contribution in [2.45, 2.75) is 25.7 Å². The van der Waals surface area contributed by atoms with E-state index in [0.29, 0.717) is 11.8 Å². The fourth-order valence-electron chi connectivity index (χ4n) is 2.62. The van der Waals surface area contributed by atoms with Crippen LogP contribution >= 0.6 is 0 Å². The molecule has 2 heterocycles. The van der Waals surface area contributed by atoms with Gasteiger partial charge in [0.25, 0.3) is 0 Å². The van der Waals surface area contributed by atoms with Crippen LogP contribution in [0.25, 0.3) is 0 Å². The summed E-state index contributed by atoms with van der Waals surface area (Å²) >= 11 is 0. The maximum atomic E-state index is 5.70. The number of aryl methyl sites for hydroxylation is 1. The Morgan fingerprint density at radius 3 is 2.45 bits per heavy atom. The van der Waals surface area contributed by atoms with Gasteiger partial charge in [-0.15, -0.1) is 0 Å². The topological polar surface area (TPSA) is 51.6 Å². The van der Waals surface area contributed by atoms with Gasteiger partial charge in [0.2, 0.25) is 5.88 Å². The lowest BCUT2D eigenvalue weighted by atomic mass is 9.90. The number of ether oxygens (including phenoxy) is 1. The molecular weight excluding hydrogens is 250 g/mol. The van der Waals surface area contributed by atoms with Crippen molar-refractivity contribution in [3.8, 4) is 11.6 Å². The van der Waals surface area contributed by atoms with E-state index in [9.17, 15) is 0 Å². The van der Waals surface area contributed by atoms with Crippen LogP contribution in [0.5, 0.6) is 11.6 Å². The van der Waals surface area contributed by atoms with E-state index in [0.717, 1.165) is 11.4 Å². The molecule has 0 unspecified atom stereocenters. The Labute approximate surface area is 119 Å². The van der Waals surface area contributed by atoms with Gasteiger partial charge in [0.1, 0.15) is 5.75 Å². The maximum Gasteiger partial charge on any atom is 0.237 e. The SMILES string of the molecule is Cc1cnc(Oc2ccc(C3CC[NH2+]CC3)cc2)cn1. The predicted octanol–water partition coefficient (Wildman–Crippen LogP) is 2.02. The molecule has 0 bridgehead atoms. The Bertz CT molecular complexity index is 545. The van der Waals surface area contributed by atoms with E-state index < -0.39 is 0 Å². The third-order valence-electron chi connectivity index (χ3n) is 3.77. The summed E-state index contributed by atoms with van der Waals surface area (Å²) in [5.74, 6) is 2.05. The highest BCUT2D eigenvalue weighted by Gasteiger charge is 2.17. The van der Waals surface area contributed by atoms with Crippen molar-refractivity contribution in [1.29, 1.82) is 0 Å². The molecule has 4 heteroatoms. The minimum absolute atomic E-state index is 0.538. The van der Waals surface area contributed by atoms with Gasteiger partial charge in [-0.1, -0.05) is 12.1 Å². The van der Waals surface area contributed by atoms with Crippen molar-refractivity contribution in [3.63, 3.8) is 0 Å². The molecule has 4 nitrogen and oxygen atoms in total. The van der Waals surface area contributed by atoms with Gasteiger partial charge in [-0.2, -0.15) is 0 Å². The second-order valence-electron chi connectivity index (χ2n) is 5.31. The lowest BCUT2D eigenvalue weighted by molar-refractivity contribution is -0.663. The molecule has 3 rings (SSSR count). The third-order valence-corrected chi connectivity index (χ3v) is 3.77. The molecule has 0 amide bonds. The van der Waals surface area contributed by atoms with Gasteiger partial charge in [-0.05, 0) is 30.5 Å². The summed E-state index contributed by atoms with van der Waals surface area (Å²) in [6.45, 7) is 4.39. The van der Waals surface area contributed by atoms with E-state index in [4.69, 9.17) is 4.74 Å². The van der Waals surface area contributed by atoms with Crippen LogP contribution in [0.1, 0.15) is 30.0 Å². The zero-order valence-corrected chi connectivity index (χ0v) is 11.7.